The van der Waals surface area contributed by atoms with Crippen molar-refractivity contribution in [1.29, 1.82) is 0 Å². The van der Waals surface area contributed by atoms with Gasteiger partial charge in [-0.1, -0.05) is 0 Å². The first-order chi connectivity index (χ1) is 8.87. The molecule has 2 N–H and O–H groups in total. The average molecular weight is 269 g/mol. The van der Waals surface area contributed by atoms with Crippen molar-refractivity contribution in [2.75, 3.05) is 26.7 Å². The van der Waals surface area contributed by atoms with E-state index in [1.807, 2.05) is 0 Å². The molecule has 2 amide bonds. The molecule has 0 saturated carbocycles. The lowest BCUT2D eigenvalue weighted by molar-refractivity contribution is -0.163. The van der Waals surface area contributed by atoms with Crippen LogP contribution < -0.4 is 5.73 Å². The van der Waals surface area contributed by atoms with Gasteiger partial charge in [-0.25, -0.2) is 0 Å². The molecule has 108 valence electrons. The molecule has 0 bridgehead atoms. The highest BCUT2D eigenvalue weighted by Crippen LogP contribution is 2.27. The number of amides is 2. The van der Waals surface area contributed by atoms with Crippen LogP contribution in [0, 0.1) is 0 Å². The average Bonchev–Trinajstić information content (AvgIpc) is 2.84. The molecule has 2 aliphatic rings. The van der Waals surface area contributed by atoms with E-state index >= 15 is 0 Å². The summed E-state index contributed by atoms with van der Waals surface area (Å²) in [5.41, 5.74) is 4.76. The maximum atomic E-state index is 12.5. The molecule has 0 unspecified atom stereocenters. The van der Waals surface area contributed by atoms with Crippen molar-refractivity contribution in [3.8, 4) is 0 Å². The number of piperazine rings is 1. The number of ether oxygens (including phenoxy) is 1. The SMILES string of the molecule is CN1CCN(C(=O)[C@@H]2CC[C@H](CN)O2)C(C)(C)C1=O. The Morgan fingerprint density at radius 2 is 2.11 bits per heavy atom. The number of carbonyl (C=O) groups is 2. The minimum Gasteiger partial charge on any atom is -0.364 e. The van der Waals surface area contributed by atoms with Crippen LogP contribution in [-0.2, 0) is 14.3 Å². The van der Waals surface area contributed by atoms with Gasteiger partial charge in [0.25, 0.3) is 5.91 Å². The summed E-state index contributed by atoms with van der Waals surface area (Å²) in [6.45, 7) is 5.15. The van der Waals surface area contributed by atoms with E-state index in [0.717, 1.165) is 6.42 Å². The van der Waals surface area contributed by atoms with Gasteiger partial charge in [-0.05, 0) is 26.7 Å². The fourth-order valence-electron chi connectivity index (χ4n) is 2.83. The second-order valence-electron chi connectivity index (χ2n) is 5.84. The van der Waals surface area contributed by atoms with Gasteiger partial charge >= 0.3 is 0 Å². The van der Waals surface area contributed by atoms with Gasteiger partial charge in [-0.3, -0.25) is 9.59 Å². The molecule has 0 aromatic rings. The lowest BCUT2D eigenvalue weighted by atomic mass is 9.96. The van der Waals surface area contributed by atoms with Gasteiger partial charge in [0.15, 0.2) is 0 Å². The van der Waals surface area contributed by atoms with Gasteiger partial charge < -0.3 is 20.3 Å². The van der Waals surface area contributed by atoms with Crippen LogP contribution in [0.5, 0.6) is 0 Å². The molecule has 19 heavy (non-hydrogen) atoms. The van der Waals surface area contributed by atoms with Crippen molar-refractivity contribution in [3.63, 3.8) is 0 Å². The van der Waals surface area contributed by atoms with Crippen molar-refractivity contribution in [3.05, 3.63) is 0 Å². The van der Waals surface area contributed by atoms with Gasteiger partial charge in [-0.2, -0.15) is 0 Å². The smallest absolute Gasteiger partial charge is 0.252 e. The van der Waals surface area contributed by atoms with Crippen molar-refractivity contribution >= 4 is 11.8 Å². The molecule has 2 rings (SSSR count). The van der Waals surface area contributed by atoms with E-state index in [2.05, 4.69) is 0 Å². The normalized spacial score (nSPS) is 30.8. The molecule has 0 spiro atoms. The van der Waals surface area contributed by atoms with Gasteiger partial charge in [0, 0.05) is 26.7 Å². The van der Waals surface area contributed by atoms with E-state index in [0.29, 0.717) is 26.1 Å². The molecule has 0 radical (unpaired) electrons. The molecule has 2 saturated heterocycles. The Labute approximate surface area is 113 Å². The summed E-state index contributed by atoms with van der Waals surface area (Å²) < 4.78 is 5.64. The number of rotatable bonds is 2. The zero-order valence-corrected chi connectivity index (χ0v) is 11.9. The predicted molar refractivity (Wildman–Crippen MR) is 70.4 cm³/mol. The van der Waals surface area contributed by atoms with Crippen molar-refractivity contribution in [1.82, 2.24) is 9.80 Å². The van der Waals surface area contributed by atoms with Crippen LogP contribution >= 0.6 is 0 Å². The first-order valence-corrected chi connectivity index (χ1v) is 6.80. The molecule has 2 atom stereocenters. The van der Waals surface area contributed by atoms with E-state index in [1.165, 1.54) is 0 Å². The maximum Gasteiger partial charge on any atom is 0.252 e. The molecule has 2 heterocycles. The summed E-state index contributed by atoms with van der Waals surface area (Å²) in [7, 11) is 1.77. The van der Waals surface area contributed by atoms with E-state index in [1.54, 1.807) is 30.7 Å². The van der Waals surface area contributed by atoms with Crippen LogP contribution in [0.25, 0.3) is 0 Å². The third kappa shape index (κ3) is 2.47. The Kier molecular flexibility index (Phi) is 3.82. The lowest BCUT2D eigenvalue weighted by Crippen LogP contribution is -2.65. The Morgan fingerprint density at radius 3 is 2.68 bits per heavy atom. The standard InChI is InChI=1S/C13H23N3O3/c1-13(2)12(18)15(3)6-7-16(13)11(17)10-5-4-9(8-14)19-10/h9-10H,4-8,14H2,1-3H3/t9-,10+/m1/s1. The zero-order valence-electron chi connectivity index (χ0n) is 11.9. The summed E-state index contributed by atoms with van der Waals surface area (Å²) in [5, 5.41) is 0. The Balaban J connectivity index is 2.09. The Hall–Kier alpha value is -1.14. The Bertz CT molecular complexity index is 383. The fourth-order valence-corrected chi connectivity index (χ4v) is 2.83. The molecule has 0 aromatic heterocycles. The number of nitrogens with two attached hydrogens (primary N) is 1. The van der Waals surface area contributed by atoms with Gasteiger partial charge in [-0.15, -0.1) is 0 Å². The van der Waals surface area contributed by atoms with Gasteiger partial charge in [0.2, 0.25) is 5.91 Å². The van der Waals surface area contributed by atoms with E-state index < -0.39 is 11.6 Å². The second-order valence-corrected chi connectivity index (χ2v) is 5.84. The van der Waals surface area contributed by atoms with Crippen molar-refractivity contribution < 1.29 is 14.3 Å². The summed E-state index contributed by atoms with van der Waals surface area (Å²) in [4.78, 5) is 28.0. The third-order valence-corrected chi connectivity index (χ3v) is 4.12. The minimum atomic E-state index is -0.797. The van der Waals surface area contributed by atoms with Crippen LogP contribution in [0.3, 0.4) is 0 Å². The summed E-state index contributed by atoms with van der Waals surface area (Å²) in [6.07, 6.45) is 1.04. The summed E-state index contributed by atoms with van der Waals surface area (Å²) in [6, 6.07) is 0. The number of likely N-dealkylation sites (N-methyl/N-ethyl adjacent to an activating group) is 1. The largest absolute Gasteiger partial charge is 0.364 e. The first kappa shape index (κ1) is 14.3. The lowest BCUT2D eigenvalue weighted by Gasteiger charge is -2.45. The van der Waals surface area contributed by atoms with Crippen LogP contribution in [-0.4, -0.2) is 66.0 Å². The van der Waals surface area contributed by atoms with Gasteiger partial charge in [0.05, 0.1) is 6.10 Å². The number of carbonyl (C=O) groups excluding carboxylic acids is 2. The molecule has 2 fully saturated rings. The zero-order chi connectivity index (χ0) is 14.2. The van der Waals surface area contributed by atoms with Gasteiger partial charge in [0.1, 0.15) is 11.6 Å². The summed E-state index contributed by atoms with van der Waals surface area (Å²) in [5.74, 6) is -0.108. The number of hydrogen-bond acceptors (Lipinski definition) is 4. The highest BCUT2D eigenvalue weighted by atomic mass is 16.5. The third-order valence-electron chi connectivity index (χ3n) is 4.12. The minimum absolute atomic E-state index is 0.0273. The molecule has 6 nitrogen and oxygen atoms in total. The topological polar surface area (TPSA) is 75.9 Å². The van der Waals surface area contributed by atoms with Crippen LogP contribution in [0.4, 0.5) is 0 Å². The molecule has 6 heteroatoms. The second kappa shape index (κ2) is 5.09. The highest BCUT2D eigenvalue weighted by Gasteiger charge is 2.46. The highest BCUT2D eigenvalue weighted by molar-refractivity contribution is 5.93. The van der Waals surface area contributed by atoms with E-state index in [9.17, 15) is 9.59 Å². The number of hydrogen-bond donors (Lipinski definition) is 1. The van der Waals surface area contributed by atoms with Crippen LogP contribution in [0.2, 0.25) is 0 Å². The quantitative estimate of drug-likeness (QED) is 0.738. The van der Waals surface area contributed by atoms with E-state index in [4.69, 9.17) is 10.5 Å². The number of nitrogens with zero attached hydrogens (tertiary/aromatic N) is 2. The van der Waals surface area contributed by atoms with Crippen LogP contribution in [0.15, 0.2) is 0 Å². The van der Waals surface area contributed by atoms with Crippen molar-refractivity contribution in [2.45, 2.75) is 44.4 Å². The molecule has 0 aromatic carbocycles. The molecular weight excluding hydrogens is 246 g/mol. The summed E-state index contributed by atoms with van der Waals surface area (Å²) >= 11 is 0. The monoisotopic (exact) mass is 269 g/mol. The first-order valence-electron chi connectivity index (χ1n) is 6.80. The molecular formula is C13H23N3O3. The Morgan fingerprint density at radius 1 is 1.42 bits per heavy atom. The molecule has 0 aliphatic carbocycles. The maximum absolute atomic E-state index is 12.5. The van der Waals surface area contributed by atoms with Crippen LogP contribution in [0.1, 0.15) is 26.7 Å². The van der Waals surface area contributed by atoms with Crippen molar-refractivity contribution in [2.24, 2.45) is 5.73 Å². The fraction of sp³-hybridized carbons (Fsp3) is 0.846. The predicted octanol–water partition coefficient (Wildman–Crippen LogP) is -0.428. The molecule has 2 aliphatic heterocycles. The van der Waals surface area contributed by atoms with E-state index in [-0.39, 0.29) is 17.9 Å².